The number of hydrogen-bond donors (Lipinski definition) is 6. The first-order valence-corrected chi connectivity index (χ1v) is 9.95. The molecular weight excluding hydrogens is 352 g/mol. The van der Waals surface area contributed by atoms with Crippen molar-refractivity contribution in [2.24, 2.45) is 34.4 Å². The summed E-state index contributed by atoms with van der Waals surface area (Å²) in [6, 6.07) is 1.69. The van der Waals surface area contributed by atoms with Crippen molar-refractivity contribution in [1.82, 2.24) is 0 Å². The van der Waals surface area contributed by atoms with Crippen LogP contribution < -0.4 is 34.4 Å². The standard InChI is InChI=1S/3C6H14N2.Cr/c3*7-5-3-1-2-4-6(5)8;/h3*5-6H,1-4,7-8H2;/q;;;+3. The van der Waals surface area contributed by atoms with Crippen molar-refractivity contribution in [3.05, 3.63) is 0 Å². The molecule has 3 aliphatic rings. The van der Waals surface area contributed by atoms with Crippen molar-refractivity contribution in [3.8, 4) is 0 Å². The molecule has 3 saturated carbocycles. The van der Waals surface area contributed by atoms with Gasteiger partial charge >= 0.3 is 17.4 Å². The van der Waals surface area contributed by atoms with Crippen LogP contribution in [0.15, 0.2) is 0 Å². The number of nitrogens with two attached hydrogens (primary N) is 6. The largest absolute Gasteiger partial charge is 3.00 e. The average Bonchev–Trinajstić information content (AvgIpc) is 2.57. The fourth-order valence-electron chi connectivity index (χ4n) is 3.56. The summed E-state index contributed by atoms with van der Waals surface area (Å²) in [5.41, 5.74) is 33.9. The minimum Gasteiger partial charge on any atom is -0.326 e. The molecule has 3 fully saturated rings. The zero-order valence-corrected chi connectivity index (χ0v) is 17.1. The van der Waals surface area contributed by atoms with Crippen LogP contribution in [-0.4, -0.2) is 36.3 Å². The summed E-state index contributed by atoms with van der Waals surface area (Å²) in [7, 11) is 0. The van der Waals surface area contributed by atoms with Crippen LogP contribution in [-0.2, 0) is 17.4 Å². The molecule has 0 heterocycles. The van der Waals surface area contributed by atoms with Crippen molar-refractivity contribution in [2.75, 3.05) is 0 Å². The Bertz CT molecular complexity index is 242. The summed E-state index contributed by atoms with van der Waals surface area (Å²) in [5, 5.41) is 0. The van der Waals surface area contributed by atoms with Crippen LogP contribution in [0, 0.1) is 0 Å². The molecule has 0 aromatic rings. The van der Waals surface area contributed by atoms with Gasteiger partial charge in [-0.05, 0) is 38.5 Å². The Balaban J connectivity index is 0.000000339. The smallest absolute Gasteiger partial charge is 0.326 e. The summed E-state index contributed by atoms with van der Waals surface area (Å²) in [6.45, 7) is 0. The Morgan fingerprint density at radius 3 is 0.520 bits per heavy atom. The Kier molecular flexibility index (Phi) is 14.5. The Morgan fingerprint density at radius 1 is 0.320 bits per heavy atom. The van der Waals surface area contributed by atoms with Gasteiger partial charge < -0.3 is 34.4 Å². The summed E-state index contributed by atoms with van der Waals surface area (Å²) in [6.07, 6.45) is 14.4. The van der Waals surface area contributed by atoms with Gasteiger partial charge in [0, 0.05) is 36.3 Å². The minimum absolute atomic E-state index is 0. The van der Waals surface area contributed by atoms with Gasteiger partial charge in [-0.15, -0.1) is 0 Å². The summed E-state index contributed by atoms with van der Waals surface area (Å²) < 4.78 is 0. The molecule has 0 aromatic heterocycles. The Morgan fingerprint density at radius 2 is 0.440 bits per heavy atom. The first kappa shape index (κ1) is 25.3. The van der Waals surface area contributed by atoms with Crippen molar-refractivity contribution in [1.29, 1.82) is 0 Å². The molecule has 6 unspecified atom stereocenters. The zero-order chi connectivity index (χ0) is 17.9. The predicted molar refractivity (Wildman–Crippen MR) is 103 cm³/mol. The molecule has 147 valence electrons. The fraction of sp³-hybridized carbons (Fsp3) is 1.00. The zero-order valence-electron chi connectivity index (χ0n) is 15.8. The molecule has 7 heteroatoms. The maximum absolute atomic E-state index is 5.65. The van der Waals surface area contributed by atoms with E-state index in [2.05, 4.69) is 0 Å². The van der Waals surface area contributed by atoms with Crippen molar-refractivity contribution < 1.29 is 17.4 Å². The Labute approximate surface area is 165 Å². The monoisotopic (exact) mass is 394 g/mol. The normalized spacial score (nSPS) is 38.2. The molecule has 0 saturated heterocycles. The fourth-order valence-corrected chi connectivity index (χ4v) is 3.56. The van der Waals surface area contributed by atoms with Gasteiger partial charge in [0.25, 0.3) is 0 Å². The molecule has 1 radical (unpaired) electrons. The topological polar surface area (TPSA) is 156 Å². The van der Waals surface area contributed by atoms with E-state index in [0.29, 0.717) is 0 Å². The van der Waals surface area contributed by atoms with E-state index in [0.717, 1.165) is 38.5 Å². The van der Waals surface area contributed by atoms with Crippen LogP contribution in [0.2, 0.25) is 0 Å². The molecule has 6 atom stereocenters. The molecule has 0 aromatic carbocycles. The molecule has 0 spiro atoms. The Hall–Kier alpha value is 0.292. The SMILES string of the molecule is NC1CCCCC1N.NC1CCCCC1N.NC1CCCCC1N.[Cr+3]. The molecule has 25 heavy (non-hydrogen) atoms. The van der Waals surface area contributed by atoms with Crippen LogP contribution in [0.5, 0.6) is 0 Å². The van der Waals surface area contributed by atoms with E-state index in [-0.39, 0.29) is 53.6 Å². The van der Waals surface area contributed by atoms with Crippen LogP contribution in [0.3, 0.4) is 0 Å². The first-order chi connectivity index (χ1) is 11.4. The number of hydrogen-bond acceptors (Lipinski definition) is 6. The van der Waals surface area contributed by atoms with Crippen molar-refractivity contribution in [3.63, 3.8) is 0 Å². The van der Waals surface area contributed by atoms with E-state index < -0.39 is 0 Å². The van der Waals surface area contributed by atoms with Gasteiger partial charge in [-0.1, -0.05) is 38.5 Å². The van der Waals surface area contributed by atoms with Crippen LogP contribution in [0.25, 0.3) is 0 Å². The second kappa shape index (κ2) is 14.4. The third kappa shape index (κ3) is 10.9. The van der Waals surface area contributed by atoms with Gasteiger partial charge in [-0.2, -0.15) is 0 Å². The third-order valence-electron chi connectivity index (χ3n) is 5.62. The molecule has 3 aliphatic carbocycles. The molecule has 12 N–H and O–H groups in total. The quantitative estimate of drug-likeness (QED) is 0.354. The van der Waals surface area contributed by atoms with E-state index in [1.807, 2.05) is 0 Å². The van der Waals surface area contributed by atoms with E-state index in [1.165, 1.54) is 38.5 Å². The van der Waals surface area contributed by atoms with E-state index in [1.54, 1.807) is 0 Å². The van der Waals surface area contributed by atoms with Gasteiger partial charge in [-0.25, -0.2) is 0 Å². The number of rotatable bonds is 0. The van der Waals surface area contributed by atoms with Crippen LogP contribution in [0.4, 0.5) is 0 Å². The third-order valence-corrected chi connectivity index (χ3v) is 5.62. The maximum Gasteiger partial charge on any atom is 3.00 e. The first-order valence-electron chi connectivity index (χ1n) is 9.95. The van der Waals surface area contributed by atoms with E-state index in [4.69, 9.17) is 34.4 Å². The molecule has 0 aliphatic heterocycles. The van der Waals surface area contributed by atoms with Crippen molar-refractivity contribution in [2.45, 2.75) is 113 Å². The van der Waals surface area contributed by atoms with Crippen LogP contribution in [0.1, 0.15) is 77.0 Å². The summed E-state index contributed by atoms with van der Waals surface area (Å²) >= 11 is 0. The predicted octanol–water partition coefficient (Wildman–Crippen LogP) is 0.643. The molecule has 0 amide bonds. The van der Waals surface area contributed by atoms with Crippen molar-refractivity contribution >= 4 is 0 Å². The van der Waals surface area contributed by atoms with Gasteiger partial charge in [0.1, 0.15) is 0 Å². The molecular formula is C18H42CrN6+3. The summed E-state index contributed by atoms with van der Waals surface area (Å²) in [4.78, 5) is 0. The van der Waals surface area contributed by atoms with Gasteiger partial charge in [0.05, 0.1) is 0 Å². The second-order valence-corrected chi connectivity index (χ2v) is 7.84. The van der Waals surface area contributed by atoms with E-state index in [9.17, 15) is 0 Å². The molecule has 3 rings (SSSR count). The maximum atomic E-state index is 5.65. The van der Waals surface area contributed by atoms with Gasteiger partial charge in [-0.3, -0.25) is 0 Å². The molecule has 0 bridgehead atoms. The summed E-state index contributed by atoms with van der Waals surface area (Å²) in [5.74, 6) is 0. The van der Waals surface area contributed by atoms with Gasteiger partial charge in [0.15, 0.2) is 0 Å². The van der Waals surface area contributed by atoms with E-state index >= 15 is 0 Å². The molecule has 6 nitrogen and oxygen atoms in total. The minimum atomic E-state index is 0. The average molecular weight is 395 g/mol. The van der Waals surface area contributed by atoms with Crippen LogP contribution >= 0.6 is 0 Å². The van der Waals surface area contributed by atoms with Gasteiger partial charge in [0.2, 0.25) is 0 Å². The second-order valence-electron chi connectivity index (χ2n) is 7.84.